The van der Waals surface area contributed by atoms with E-state index in [0.717, 1.165) is 10.6 Å². The summed E-state index contributed by atoms with van der Waals surface area (Å²) in [6.07, 6.45) is 1.43. The molecule has 1 aromatic heterocycles. The number of benzene rings is 1. The van der Waals surface area contributed by atoms with Crippen LogP contribution < -0.4 is 11.1 Å². The Balaban J connectivity index is 2.14. The third kappa shape index (κ3) is 3.07. The predicted octanol–water partition coefficient (Wildman–Crippen LogP) is 2.89. The number of halogens is 1. The molecule has 0 saturated carbocycles. The van der Waals surface area contributed by atoms with E-state index in [9.17, 15) is 0 Å². The van der Waals surface area contributed by atoms with Gasteiger partial charge in [-0.25, -0.2) is 9.97 Å². The lowest BCUT2D eigenvalue weighted by Gasteiger charge is -2.15. The highest BCUT2D eigenvalue weighted by Gasteiger charge is 2.06. The van der Waals surface area contributed by atoms with Gasteiger partial charge in [0.25, 0.3) is 0 Å². The average Bonchev–Trinajstić information content (AvgIpc) is 2.29. The summed E-state index contributed by atoms with van der Waals surface area (Å²) in [5.41, 5.74) is 6.68. The maximum absolute atomic E-state index is 5.94. The van der Waals surface area contributed by atoms with E-state index in [1.165, 1.54) is 6.33 Å². The number of hydrogen-bond donors (Lipinski definition) is 2. The van der Waals surface area contributed by atoms with Gasteiger partial charge >= 0.3 is 0 Å². The topological polar surface area (TPSA) is 63.8 Å². The van der Waals surface area contributed by atoms with Crippen LogP contribution in [-0.4, -0.2) is 9.97 Å². The summed E-state index contributed by atoms with van der Waals surface area (Å²) in [6.45, 7) is 2.03. The second-order valence-electron chi connectivity index (χ2n) is 3.75. The number of hydrogen-bond acceptors (Lipinski definition) is 4. The van der Waals surface area contributed by atoms with E-state index in [0.29, 0.717) is 11.6 Å². The Kier molecular flexibility index (Phi) is 3.44. The first kappa shape index (κ1) is 11.7. The Morgan fingerprint density at radius 3 is 2.82 bits per heavy atom. The molecule has 0 aliphatic heterocycles. The van der Waals surface area contributed by atoms with Gasteiger partial charge in [-0.3, -0.25) is 0 Å². The van der Waals surface area contributed by atoms with E-state index in [1.807, 2.05) is 31.2 Å². The lowest BCUT2D eigenvalue weighted by atomic mass is 10.1. The fourth-order valence-electron chi connectivity index (χ4n) is 1.53. The molecule has 0 spiro atoms. The van der Waals surface area contributed by atoms with E-state index < -0.39 is 0 Å². The van der Waals surface area contributed by atoms with Crippen LogP contribution in [0.2, 0.25) is 5.02 Å². The average molecular weight is 249 g/mol. The molecule has 2 aromatic rings. The van der Waals surface area contributed by atoms with Crippen molar-refractivity contribution < 1.29 is 0 Å². The third-order valence-electron chi connectivity index (χ3n) is 2.40. The largest absolute Gasteiger partial charge is 0.384 e. The van der Waals surface area contributed by atoms with Crippen molar-refractivity contribution in [3.8, 4) is 0 Å². The summed E-state index contributed by atoms with van der Waals surface area (Å²) in [6, 6.07) is 9.49. The molecule has 0 saturated heterocycles. The number of nitrogens with one attached hydrogen (secondary N) is 1. The van der Waals surface area contributed by atoms with Gasteiger partial charge in [0.2, 0.25) is 0 Å². The van der Waals surface area contributed by atoms with Crippen LogP contribution in [0.4, 0.5) is 11.6 Å². The van der Waals surface area contributed by atoms with Crippen LogP contribution in [0.25, 0.3) is 0 Å². The molecular formula is C12H13ClN4. The summed E-state index contributed by atoms with van der Waals surface area (Å²) < 4.78 is 0. The zero-order valence-electron chi connectivity index (χ0n) is 9.39. The molecule has 0 fully saturated rings. The third-order valence-corrected chi connectivity index (χ3v) is 2.64. The molecule has 88 valence electrons. The van der Waals surface area contributed by atoms with Gasteiger partial charge < -0.3 is 11.1 Å². The first-order chi connectivity index (χ1) is 8.15. The second kappa shape index (κ2) is 5.01. The molecule has 1 unspecified atom stereocenters. The highest BCUT2D eigenvalue weighted by atomic mass is 35.5. The van der Waals surface area contributed by atoms with Crippen molar-refractivity contribution in [2.45, 2.75) is 13.0 Å². The molecular weight excluding hydrogens is 236 g/mol. The first-order valence-electron chi connectivity index (χ1n) is 5.24. The fourth-order valence-corrected chi connectivity index (χ4v) is 1.73. The summed E-state index contributed by atoms with van der Waals surface area (Å²) in [5, 5.41) is 3.96. The number of anilines is 2. The van der Waals surface area contributed by atoms with E-state index in [1.54, 1.807) is 6.07 Å². The van der Waals surface area contributed by atoms with Gasteiger partial charge in [0.05, 0.1) is 0 Å². The minimum atomic E-state index is 0.1000. The molecule has 3 N–H and O–H groups in total. The van der Waals surface area contributed by atoms with Gasteiger partial charge in [0.1, 0.15) is 18.0 Å². The van der Waals surface area contributed by atoms with Crippen molar-refractivity contribution in [2.75, 3.05) is 11.1 Å². The van der Waals surface area contributed by atoms with Crippen molar-refractivity contribution >= 4 is 23.2 Å². The number of nitrogens with two attached hydrogens (primary N) is 1. The Hall–Kier alpha value is -1.81. The van der Waals surface area contributed by atoms with Gasteiger partial charge in [-0.1, -0.05) is 23.7 Å². The lowest BCUT2D eigenvalue weighted by molar-refractivity contribution is 0.872. The van der Waals surface area contributed by atoms with Crippen LogP contribution in [0, 0.1) is 0 Å². The summed E-state index contributed by atoms with van der Waals surface area (Å²) in [4.78, 5) is 7.93. The smallest absolute Gasteiger partial charge is 0.131 e. The van der Waals surface area contributed by atoms with Crippen LogP contribution in [0.5, 0.6) is 0 Å². The summed E-state index contributed by atoms with van der Waals surface area (Å²) in [7, 11) is 0. The van der Waals surface area contributed by atoms with E-state index in [-0.39, 0.29) is 6.04 Å². The number of aromatic nitrogens is 2. The summed E-state index contributed by atoms with van der Waals surface area (Å²) in [5.74, 6) is 1.14. The van der Waals surface area contributed by atoms with Gasteiger partial charge in [0.15, 0.2) is 0 Å². The Bertz CT molecular complexity index is 515. The van der Waals surface area contributed by atoms with Gasteiger partial charge in [-0.2, -0.15) is 0 Å². The van der Waals surface area contributed by atoms with Crippen molar-refractivity contribution in [3.63, 3.8) is 0 Å². The maximum Gasteiger partial charge on any atom is 0.131 e. The Morgan fingerprint density at radius 1 is 1.29 bits per heavy atom. The standard InChI is InChI=1S/C12H13ClN4/c1-8(9-3-2-4-10(13)5-9)17-12-6-11(14)15-7-16-12/h2-8H,1H3,(H3,14,15,16,17). The molecule has 1 atom stereocenters. The van der Waals surface area contributed by atoms with Gasteiger partial charge in [-0.05, 0) is 24.6 Å². The molecule has 17 heavy (non-hydrogen) atoms. The molecule has 4 nitrogen and oxygen atoms in total. The van der Waals surface area contributed by atoms with Gasteiger partial charge in [-0.15, -0.1) is 0 Å². The first-order valence-corrected chi connectivity index (χ1v) is 5.62. The molecule has 0 radical (unpaired) electrons. The van der Waals surface area contributed by atoms with E-state index >= 15 is 0 Å². The summed E-state index contributed by atoms with van der Waals surface area (Å²) >= 11 is 5.94. The highest BCUT2D eigenvalue weighted by molar-refractivity contribution is 6.30. The van der Waals surface area contributed by atoms with Gasteiger partial charge in [0, 0.05) is 17.1 Å². The van der Waals surface area contributed by atoms with Crippen molar-refractivity contribution in [1.82, 2.24) is 9.97 Å². The number of nitrogen functional groups attached to an aromatic ring is 1. The number of rotatable bonds is 3. The van der Waals surface area contributed by atoms with Crippen molar-refractivity contribution in [2.24, 2.45) is 0 Å². The van der Waals surface area contributed by atoms with Crippen LogP contribution in [0.3, 0.4) is 0 Å². The van der Waals surface area contributed by atoms with Crippen LogP contribution >= 0.6 is 11.6 Å². The molecule has 0 aliphatic rings. The number of nitrogens with zero attached hydrogens (tertiary/aromatic N) is 2. The highest BCUT2D eigenvalue weighted by Crippen LogP contribution is 2.20. The van der Waals surface area contributed by atoms with Crippen LogP contribution in [0.15, 0.2) is 36.7 Å². The molecule has 0 aliphatic carbocycles. The fraction of sp³-hybridized carbons (Fsp3) is 0.167. The Morgan fingerprint density at radius 2 is 2.12 bits per heavy atom. The zero-order valence-corrected chi connectivity index (χ0v) is 10.1. The zero-order chi connectivity index (χ0) is 12.3. The van der Waals surface area contributed by atoms with Crippen LogP contribution in [-0.2, 0) is 0 Å². The quantitative estimate of drug-likeness (QED) is 0.877. The molecule has 1 aromatic carbocycles. The minimum Gasteiger partial charge on any atom is -0.384 e. The molecule has 1 heterocycles. The van der Waals surface area contributed by atoms with Crippen molar-refractivity contribution in [3.05, 3.63) is 47.2 Å². The molecule has 5 heteroatoms. The monoisotopic (exact) mass is 248 g/mol. The van der Waals surface area contributed by atoms with E-state index in [4.69, 9.17) is 17.3 Å². The Labute approximate surface area is 105 Å². The normalized spacial score (nSPS) is 12.1. The minimum absolute atomic E-state index is 0.1000. The SMILES string of the molecule is CC(Nc1cc(N)ncn1)c1cccc(Cl)c1. The van der Waals surface area contributed by atoms with Crippen molar-refractivity contribution in [1.29, 1.82) is 0 Å². The molecule has 0 amide bonds. The van der Waals surface area contributed by atoms with Crippen LogP contribution in [0.1, 0.15) is 18.5 Å². The predicted molar refractivity (Wildman–Crippen MR) is 69.9 cm³/mol. The second-order valence-corrected chi connectivity index (χ2v) is 4.19. The molecule has 2 rings (SSSR count). The molecule has 0 bridgehead atoms. The van der Waals surface area contributed by atoms with E-state index in [2.05, 4.69) is 15.3 Å². The lowest BCUT2D eigenvalue weighted by Crippen LogP contribution is -2.08. The maximum atomic E-state index is 5.94.